The van der Waals surface area contributed by atoms with Gasteiger partial charge in [0.15, 0.2) is 5.16 Å². The van der Waals surface area contributed by atoms with Crippen LogP contribution in [0.5, 0.6) is 0 Å². The molecule has 1 saturated carbocycles. The Labute approximate surface area is 117 Å². The second-order valence-corrected chi connectivity index (χ2v) is 6.28. The zero-order valence-corrected chi connectivity index (χ0v) is 12.4. The van der Waals surface area contributed by atoms with E-state index in [1.54, 1.807) is 0 Å². The number of thioether (sulfide) groups is 1. The fraction of sp³-hybridized carbons (Fsp3) is 0.615. The second kappa shape index (κ2) is 5.46. The minimum absolute atomic E-state index is 0.323. The van der Waals surface area contributed by atoms with E-state index >= 15 is 0 Å². The SMILES string of the molecule is Cc1cc(C)nc(SCC(C)(NC2CC2)C(N)=O)n1. The molecule has 0 aromatic carbocycles. The van der Waals surface area contributed by atoms with Gasteiger partial charge in [-0.15, -0.1) is 0 Å². The van der Waals surface area contributed by atoms with Gasteiger partial charge in [-0.05, 0) is 39.7 Å². The van der Waals surface area contributed by atoms with Crippen molar-refractivity contribution < 1.29 is 4.79 Å². The van der Waals surface area contributed by atoms with Gasteiger partial charge in [-0.3, -0.25) is 4.79 Å². The van der Waals surface area contributed by atoms with E-state index in [2.05, 4.69) is 15.3 Å². The first-order chi connectivity index (χ1) is 8.89. The van der Waals surface area contributed by atoms with E-state index in [0.717, 1.165) is 24.2 Å². The van der Waals surface area contributed by atoms with Crippen molar-refractivity contribution in [3.8, 4) is 0 Å². The van der Waals surface area contributed by atoms with Crippen molar-refractivity contribution in [2.24, 2.45) is 5.73 Å². The summed E-state index contributed by atoms with van der Waals surface area (Å²) in [5.41, 5.74) is 6.69. The average Bonchev–Trinajstić information content (AvgIpc) is 3.09. The molecule has 104 valence electrons. The fourth-order valence-electron chi connectivity index (χ4n) is 1.83. The summed E-state index contributed by atoms with van der Waals surface area (Å²) < 4.78 is 0. The number of carbonyl (C=O) groups excluding carboxylic acids is 1. The van der Waals surface area contributed by atoms with E-state index in [1.807, 2.05) is 26.8 Å². The quantitative estimate of drug-likeness (QED) is 0.604. The molecule has 1 fully saturated rings. The first-order valence-electron chi connectivity index (χ1n) is 6.42. The Morgan fingerprint density at radius 2 is 2.05 bits per heavy atom. The molecule has 3 N–H and O–H groups in total. The van der Waals surface area contributed by atoms with Gasteiger partial charge in [-0.2, -0.15) is 0 Å². The Kier molecular flexibility index (Phi) is 4.10. The van der Waals surface area contributed by atoms with Crippen LogP contribution in [0, 0.1) is 13.8 Å². The summed E-state index contributed by atoms with van der Waals surface area (Å²) in [7, 11) is 0. The number of rotatable bonds is 6. The molecule has 5 nitrogen and oxygen atoms in total. The lowest BCUT2D eigenvalue weighted by atomic mass is 10.1. The minimum Gasteiger partial charge on any atom is -0.368 e. The summed E-state index contributed by atoms with van der Waals surface area (Å²) in [6.07, 6.45) is 2.24. The zero-order valence-electron chi connectivity index (χ0n) is 11.6. The fourth-order valence-corrected chi connectivity index (χ4v) is 2.89. The topological polar surface area (TPSA) is 80.9 Å². The van der Waals surface area contributed by atoms with Gasteiger partial charge < -0.3 is 11.1 Å². The molecular formula is C13H20N4OS. The van der Waals surface area contributed by atoms with Crippen LogP contribution in [0.1, 0.15) is 31.2 Å². The number of primary amides is 1. The van der Waals surface area contributed by atoms with Crippen LogP contribution in [0.3, 0.4) is 0 Å². The Morgan fingerprint density at radius 3 is 2.53 bits per heavy atom. The number of hydrogen-bond acceptors (Lipinski definition) is 5. The van der Waals surface area contributed by atoms with Crippen LogP contribution < -0.4 is 11.1 Å². The molecule has 19 heavy (non-hydrogen) atoms. The van der Waals surface area contributed by atoms with Crippen molar-refractivity contribution in [1.82, 2.24) is 15.3 Å². The van der Waals surface area contributed by atoms with Crippen molar-refractivity contribution in [3.63, 3.8) is 0 Å². The third-order valence-electron chi connectivity index (χ3n) is 3.10. The molecule has 0 spiro atoms. The van der Waals surface area contributed by atoms with Crippen LogP contribution in [0.15, 0.2) is 11.2 Å². The van der Waals surface area contributed by atoms with Crippen LogP contribution in [-0.4, -0.2) is 33.2 Å². The highest BCUT2D eigenvalue weighted by Gasteiger charge is 2.37. The zero-order chi connectivity index (χ0) is 14.0. The standard InChI is InChI=1S/C13H20N4OS/c1-8-6-9(2)16-12(15-8)19-7-13(3,11(14)18)17-10-4-5-10/h6,10,17H,4-5,7H2,1-3H3,(H2,14,18). The first kappa shape index (κ1) is 14.3. The predicted molar refractivity (Wildman–Crippen MR) is 76.0 cm³/mol. The lowest BCUT2D eigenvalue weighted by molar-refractivity contribution is -0.123. The maximum Gasteiger partial charge on any atom is 0.238 e. The number of amides is 1. The van der Waals surface area contributed by atoms with E-state index in [9.17, 15) is 4.79 Å². The number of nitrogens with two attached hydrogens (primary N) is 1. The van der Waals surface area contributed by atoms with E-state index < -0.39 is 5.54 Å². The third kappa shape index (κ3) is 3.91. The molecule has 2 rings (SSSR count). The summed E-state index contributed by atoms with van der Waals surface area (Å²) in [5, 5.41) is 4.01. The number of nitrogens with one attached hydrogen (secondary N) is 1. The predicted octanol–water partition coefficient (Wildman–Crippen LogP) is 1.18. The molecule has 0 saturated heterocycles. The van der Waals surface area contributed by atoms with Crippen LogP contribution in [-0.2, 0) is 4.79 Å². The molecule has 1 aromatic rings. The van der Waals surface area contributed by atoms with Gasteiger partial charge in [0.25, 0.3) is 0 Å². The number of nitrogens with zero attached hydrogens (tertiary/aromatic N) is 2. The highest BCUT2D eigenvalue weighted by Crippen LogP contribution is 2.26. The summed E-state index contributed by atoms with van der Waals surface area (Å²) >= 11 is 1.47. The minimum atomic E-state index is -0.702. The van der Waals surface area contributed by atoms with Crippen molar-refractivity contribution >= 4 is 17.7 Å². The monoisotopic (exact) mass is 280 g/mol. The Morgan fingerprint density at radius 1 is 1.47 bits per heavy atom. The normalized spacial score (nSPS) is 18.1. The average molecular weight is 280 g/mol. The summed E-state index contributed by atoms with van der Waals surface area (Å²) in [4.78, 5) is 20.4. The molecular weight excluding hydrogens is 260 g/mol. The van der Waals surface area contributed by atoms with Gasteiger partial charge in [0.05, 0.1) is 0 Å². The molecule has 1 atom stereocenters. The van der Waals surface area contributed by atoms with Gasteiger partial charge in [0.2, 0.25) is 5.91 Å². The molecule has 1 heterocycles. The highest BCUT2D eigenvalue weighted by molar-refractivity contribution is 7.99. The van der Waals surface area contributed by atoms with E-state index in [-0.39, 0.29) is 5.91 Å². The number of aryl methyl sites for hydroxylation is 2. The third-order valence-corrected chi connectivity index (χ3v) is 4.26. The molecule has 0 radical (unpaired) electrons. The number of carbonyl (C=O) groups is 1. The molecule has 0 aliphatic heterocycles. The molecule has 1 amide bonds. The lowest BCUT2D eigenvalue weighted by Gasteiger charge is -2.26. The summed E-state index contributed by atoms with van der Waals surface area (Å²) in [5.74, 6) is 0.220. The molecule has 1 aromatic heterocycles. The molecule has 1 aliphatic carbocycles. The van der Waals surface area contributed by atoms with Crippen molar-refractivity contribution in [3.05, 3.63) is 17.5 Å². The van der Waals surface area contributed by atoms with Gasteiger partial charge in [0.1, 0.15) is 5.54 Å². The van der Waals surface area contributed by atoms with Crippen LogP contribution in [0.2, 0.25) is 0 Å². The Bertz CT molecular complexity index is 469. The summed E-state index contributed by atoms with van der Waals surface area (Å²) in [6, 6.07) is 2.36. The van der Waals surface area contributed by atoms with Crippen molar-refractivity contribution in [2.75, 3.05) is 5.75 Å². The largest absolute Gasteiger partial charge is 0.368 e. The van der Waals surface area contributed by atoms with Crippen LogP contribution in [0.25, 0.3) is 0 Å². The molecule has 0 bridgehead atoms. The van der Waals surface area contributed by atoms with E-state index in [4.69, 9.17) is 5.73 Å². The van der Waals surface area contributed by atoms with Gasteiger partial charge in [-0.1, -0.05) is 11.8 Å². The van der Waals surface area contributed by atoms with Crippen molar-refractivity contribution in [1.29, 1.82) is 0 Å². The summed E-state index contributed by atoms with van der Waals surface area (Å²) in [6.45, 7) is 5.73. The van der Waals surface area contributed by atoms with E-state index in [1.165, 1.54) is 11.8 Å². The van der Waals surface area contributed by atoms with Crippen molar-refractivity contribution in [2.45, 2.75) is 50.4 Å². The van der Waals surface area contributed by atoms with E-state index in [0.29, 0.717) is 17.0 Å². The van der Waals surface area contributed by atoms with Gasteiger partial charge in [0, 0.05) is 23.2 Å². The van der Waals surface area contributed by atoms with Crippen LogP contribution in [0.4, 0.5) is 0 Å². The molecule has 1 unspecified atom stereocenters. The van der Waals surface area contributed by atoms with Crippen LogP contribution >= 0.6 is 11.8 Å². The first-order valence-corrected chi connectivity index (χ1v) is 7.40. The number of hydrogen-bond donors (Lipinski definition) is 2. The van der Waals surface area contributed by atoms with Gasteiger partial charge in [-0.25, -0.2) is 9.97 Å². The maximum atomic E-state index is 11.6. The lowest BCUT2D eigenvalue weighted by Crippen LogP contribution is -2.56. The number of aromatic nitrogens is 2. The maximum absolute atomic E-state index is 11.6. The van der Waals surface area contributed by atoms with Gasteiger partial charge >= 0.3 is 0 Å². The second-order valence-electron chi connectivity index (χ2n) is 5.34. The Balaban J connectivity index is 2.03. The molecule has 1 aliphatic rings. The highest BCUT2D eigenvalue weighted by atomic mass is 32.2. The Hall–Kier alpha value is -1.14. The molecule has 6 heteroatoms. The smallest absolute Gasteiger partial charge is 0.238 e.